The summed E-state index contributed by atoms with van der Waals surface area (Å²) in [5, 5.41) is 1.35. The summed E-state index contributed by atoms with van der Waals surface area (Å²) in [5.74, 6) is 0.0503. The van der Waals surface area contributed by atoms with E-state index < -0.39 is 0 Å². The predicted octanol–water partition coefficient (Wildman–Crippen LogP) is -0.0218. The minimum Gasteiger partial charge on any atom is -1.00 e. The monoisotopic (exact) mass is 384 g/mol. The van der Waals surface area contributed by atoms with E-state index in [0.717, 1.165) is 31.2 Å². The zero-order chi connectivity index (χ0) is 16.4. The number of hydrogen-bond donors (Lipinski definition) is 1. The first-order valence-corrected chi connectivity index (χ1v) is 8.46. The van der Waals surface area contributed by atoms with E-state index in [0.29, 0.717) is 10.6 Å². The molecule has 1 fully saturated rings. The molecule has 128 valence electrons. The first kappa shape index (κ1) is 19.1. The molecular formula is C18H19Cl3N2O. The molecule has 3 rings (SSSR count). The van der Waals surface area contributed by atoms with Crippen LogP contribution in [-0.4, -0.2) is 37.0 Å². The number of piperazine rings is 1. The number of carbonyl (C=O) groups is 1. The lowest BCUT2D eigenvalue weighted by Gasteiger charge is -2.32. The largest absolute Gasteiger partial charge is 1.00 e. The Balaban J connectivity index is 0.00000208. The van der Waals surface area contributed by atoms with Crippen molar-refractivity contribution >= 4 is 34.8 Å². The molecule has 0 spiro atoms. The van der Waals surface area contributed by atoms with Crippen LogP contribution in [0, 0.1) is 6.92 Å². The van der Waals surface area contributed by atoms with E-state index >= 15 is 0 Å². The molecule has 1 heterocycles. The summed E-state index contributed by atoms with van der Waals surface area (Å²) < 4.78 is 0. The third-order valence-electron chi connectivity index (χ3n) is 4.31. The van der Waals surface area contributed by atoms with Gasteiger partial charge in [0.1, 0.15) is 5.69 Å². The van der Waals surface area contributed by atoms with Gasteiger partial charge in [0.05, 0.1) is 26.2 Å². The van der Waals surface area contributed by atoms with E-state index in [4.69, 9.17) is 23.2 Å². The number of carbonyl (C=O) groups excluding carboxylic acids is 1. The lowest BCUT2D eigenvalue weighted by molar-refractivity contribution is -0.837. The van der Waals surface area contributed by atoms with Crippen LogP contribution in [0.2, 0.25) is 10.0 Å². The summed E-state index contributed by atoms with van der Waals surface area (Å²) in [5.41, 5.74) is 3.12. The van der Waals surface area contributed by atoms with Gasteiger partial charge in [-0.2, -0.15) is 0 Å². The number of nitrogens with zero attached hydrogens (tertiary/aromatic N) is 1. The average Bonchev–Trinajstić information content (AvgIpc) is 2.56. The molecule has 24 heavy (non-hydrogen) atoms. The molecule has 1 aliphatic rings. The molecule has 0 aliphatic carbocycles. The first-order chi connectivity index (χ1) is 11.0. The second kappa shape index (κ2) is 8.21. The molecule has 1 aliphatic heterocycles. The molecule has 0 aromatic heterocycles. The van der Waals surface area contributed by atoms with Gasteiger partial charge in [-0.15, -0.1) is 0 Å². The van der Waals surface area contributed by atoms with Gasteiger partial charge in [0, 0.05) is 27.2 Å². The number of nitrogens with one attached hydrogen (secondary N) is 1. The molecule has 1 saturated heterocycles. The Kier molecular flexibility index (Phi) is 6.53. The smallest absolute Gasteiger partial charge is 0.254 e. The zero-order valence-corrected chi connectivity index (χ0v) is 15.6. The second-order valence-electron chi connectivity index (χ2n) is 5.87. The van der Waals surface area contributed by atoms with Crippen molar-refractivity contribution < 1.29 is 22.1 Å². The molecule has 0 unspecified atom stereocenters. The van der Waals surface area contributed by atoms with Crippen molar-refractivity contribution in [3.8, 4) is 0 Å². The Morgan fingerprint density at radius 2 is 1.71 bits per heavy atom. The van der Waals surface area contributed by atoms with E-state index in [-0.39, 0.29) is 18.3 Å². The first-order valence-electron chi connectivity index (χ1n) is 7.70. The maximum absolute atomic E-state index is 12.6. The van der Waals surface area contributed by atoms with E-state index in [1.165, 1.54) is 16.2 Å². The fourth-order valence-corrected chi connectivity index (χ4v) is 3.39. The van der Waals surface area contributed by atoms with Crippen molar-refractivity contribution in [2.24, 2.45) is 0 Å². The van der Waals surface area contributed by atoms with Crippen LogP contribution in [0.15, 0.2) is 42.5 Å². The second-order valence-corrected chi connectivity index (χ2v) is 6.74. The molecule has 3 nitrogen and oxygen atoms in total. The Bertz CT molecular complexity index is 728. The van der Waals surface area contributed by atoms with Crippen LogP contribution in [0.3, 0.4) is 0 Å². The van der Waals surface area contributed by atoms with Crippen molar-refractivity contribution in [1.82, 2.24) is 4.90 Å². The molecule has 0 atom stereocenters. The number of benzene rings is 2. The van der Waals surface area contributed by atoms with Gasteiger partial charge in [0.15, 0.2) is 0 Å². The topological polar surface area (TPSA) is 24.8 Å². The molecule has 2 aromatic carbocycles. The summed E-state index contributed by atoms with van der Waals surface area (Å²) in [6, 6.07) is 13.1. The van der Waals surface area contributed by atoms with E-state index in [2.05, 4.69) is 6.92 Å². The number of amides is 1. The fourth-order valence-electron chi connectivity index (χ4n) is 3.03. The highest BCUT2D eigenvalue weighted by Gasteiger charge is 2.26. The van der Waals surface area contributed by atoms with Gasteiger partial charge in [-0.25, -0.2) is 0 Å². The van der Waals surface area contributed by atoms with Crippen molar-refractivity contribution in [2.75, 3.05) is 26.2 Å². The summed E-state index contributed by atoms with van der Waals surface area (Å²) >= 11 is 12.1. The molecule has 1 amide bonds. The number of aryl methyl sites for hydroxylation is 1. The van der Waals surface area contributed by atoms with Crippen molar-refractivity contribution in [3.05, 3.63) is 63.6 Å². The van der Waals surface area contributed by atoms with Crippen molar-refractivity contribution in [2.45, 2.75) is 6.92 Å². The SMILES string of the molecule is Cc1ccc(Cl)cc1[NH+]1CCN(C(=O)c2cccc(Cl)c2)CC1.[Cl-]. The van der Waals surface area contributed by atoms with Gasteiger partial charge in [0.2, 0.25) is 0 Å². The highest BCUT2D eigenvalue weighted by molar-refractivity contribution is 6.31. The number of quaternary nitrogens is 1. The molecule has 0 saturated carbocycles. The van der Waals surface area contributed by atoms with Crippen LogP contribution in [0.1, 0.15) is 15.9 Å². The predicted molar refractivity (Wildman–Crippen MR) is 93.9 cm³/mol. The maximum atomic E-state index is 12.6. The van der Waals surface area contributed by atoms with Crippen molar-refractivity contribution in [3.63, 3.8) is 0 Å². The van der Waals surface area contributed by atoms with Gasteiger partial charge < -0.3 is 17.3 Å². The van der Waals surface area contributed by atoms with Gasteiger partial charge in [-0.05, 0) is 31.2 Å². The van der Waals surface area contributed by atoms with Crippen LogP contribution in [0.25, 0.3) is 0 Å². The Hall–Kier alpha value is -1.26. The summed E-state index contributed by atoms with van der Waals surface area (Å²) in [6.07, 6.45) is 0. The van der Waals surface area contributed by atoms with Gasteiger partial charge >= 0.3 is 0 Å². The summed E-state index contributed by atoms with van der Waals surface area (Å²) in [7, 11) is 0. The Labute approximate surface area is 158 Å². The minimum absolute atomic E-state index is 0. The Morgan fingerprint density at radius 1 is 1.04 bits per heavy atom. The van der Waals surface area contributed by atoms with Gasteiger partial charge in [-0.1, -0.05) is 35.3 Å². The number of halogens is 3. The average molecular weight is 386 g/mol. The van der Waals surface area contributed by atoms with Crippen molar-refractivity contribution in [1.29, 1.82) is 0 Å². The van der Waals surface area contributed by atoms with Crippen LogP contribution < -0.4 is 17.3 Å². The van der Waals surface area contributed by atoms with Crippen LogP contribution >= 0.6 is 23.2 Å². The van der Waals surface area contributed by atoms with Gasteiger partial charge in [-0.3, -0.25) is 9.69 Å². The van der Waals surface area contributed by atoms with Crippen LogP contribution in [-0.2, 0) is 0 Å². The highest BCUT2D eigenvalue weighted by Crippen LogP contribution is 2.17. The van der Waals surface area contributed by atoms with Gasteiger partial charge in [0.25, 0.3) is 5.91 Å². The Morgan fingerprint density at radius 3 is 2.38 bits per heavy atom. The zero-order valence-electron chi connectivity index (χ0n) is 13.4. The molecule has 0 radical (unpaired) electrons. The third kappa shape index (κ3) is 4.22. The third-order valence-corrected chi connectivity index (χ3v) is 4.78. The van der Waals surface area contributed by atoms with E-state index in [1.54, 1.807) is 12.1 Å². The standard InChI is InChI=1S/C18H18Cl2N2O.ClH/c1-13-5-6-16(20)12-17(13)21-7-9-22(10-8-21)18(23)14-3-2-4-15(19)11-14;/h2-6,11-12H,7-10H2,1H3;1H. The van der Waals surface area contributed by atoms with Crippen LogP contribution in [0.4, 0.5) is 5.69 Å². The number of hydrogen-bond acceptors (Lipinski definition) is 1. The van der Waals surface area contributed by atoms with E-state index in [9.17, 15) is 4.79 Å². The molecule has 1 N–H and O–H groups in total. The molecular weight excluding hydrogens is 367 g/mol. The highest BCUT2D eigenvalue weighted by atomic mass is 35.5. The molecule has 0 bridgehead atoms. The lowest BCUT2D eigenvalue weighted by atomic mass is 10.1. The summed E-state index contributed by atoms with van der Waals surface area (Å²) in [4.78, 5) is 15.8. The minimum atomic E-state index is 0. The maximum Gasteiger partial charge on any atom is 0.254 e. The quantitative estimate of drug-likeness (QED) is 0.772. The van der Waals surface area contributed by atoms with Crippen LogP contribution in [0.5, 0.6) is 0 Å². The lowest BCUT2D eigenvalue weighted by Crippen LogP contribution is -3.10. The normalized spacial score (nSPS) is 15.0. The number of rotatable bonds is 2. The summed E-state index contributed by atoms with van der Waals surface area (Å²) in [6.45, 7) is 5.32. The fraction of sp³-hybridized carbons (Fsp3) is 0.278. The molecule has 2 aromatic rings. The van der Waals surface area contributed by atoms with E-state index in [1.807, 2.05) is 35.2 Å². The molecule has 6 heteroatoms.